The maximum Gasteiger partial charge on any atom is 0.411 e. The van der Waals surface area contributed by atoms with E-state index in [1.165, 1.54) is 0 Å². The number of aromatic nitrogens is 1. The van der Waals surface area contributed by atoms with Crippen LogP contribution in [-0.4, -0.2) is 51.4 Å². The molecule has 1 unspecified atom stereocenters. The number of carbonyl (C=O) groups excluding carboxylic acids is 2. The number of thiazole rings is 1. The average Bonchev–Trinajstić information content (AvgIpc) is 3.27. The van der Waals surface area contributed by atoms with Gasteiger partial charge in [-0.15, -0.1) is 11.3 Å². The standard InChI is InChI=1S/C25H33N3O5S2/c1-15(2)32-23(29)27-17-9-12-19(20(13-17)35-31)21-14-26-22(34-21)16-7-10-18(11-8-16)28(6)24(30)33-25(3,4)5/h7,9,12-15,18,31H,8,10-11H2,1-6H3,(H,27,29). The van der Waals surface area contributed by atoms with Gasteiger partial charge < -0.3 is 18.9 Å². The van der Waals surface area contributed by atoms with E-state index in [1.807, 2.05) is 26.8 Å². The lowest BCUT2D eigenvalue weighted by atomic mass is 9.95. The number of anilines is 1. The third kappa shape index (κ3) is 7.46. The Labute approximate surface area is 214 Å². The fourth-order valence-electron chi connectivity index (χ4n) is 3.64. The molecular formula is C25H33N3O5S2. The molecule has 8 nitrogen and oxygen atoms in total. The van der Waals surface area contributed by atoms with Crippen molar-refractivity contribution in [3.8, 4) is 10.4 Å². The third-order valence-electron chi connectivity index (χ3n) is 5.33. The molecule has 0 fully saturated rings. The smallest absolute Gasteiger partial charge is 0.411 e. The molecule has 1 heterocycles. The number of rotatable bonds is 6. The van der Waals surface area contributed by atoms with Crippen LogP contribution in [0.4, 0.5) is 15.3 Å². The van der Waals surface area contributed by atoms with Crippen LogP contribution in [-0.2, 0) is 9.47 Å². The van der Waals surface area contributed by atoms with Crippen LogP contribution in [0.5, 0.6) is 0 Å². The molecule has 2 aromatic rings. The molecule has 0 radical (unpaired) electrons. The third-order valence-corrected chi connectivity index (χ3v) is 6.97. The van der Waals surface area contributed by atoms with Crippen molar-refractivity contribution in [2.24, 2.45) is 0 Å². The van der Waals surface area contributed by atoms with E-state index in [0.29, 0.717) is 22.6 Å². The van der Waals surface area contributed by atoms with Crippen LogP contribution in [0.2, 0.25) is 0 Å². The minimum Gasteiger partial charge on any atom is -0.447 e. The summed E-state index contributed by atoms with van der Waals surface area (Å²) < 4.78 is 20.4. The van der Waals surface area contributed by atoms with Gasteiger partial charge >= 0.3 is 12.2 Å². The monoisotopic (exact) mass is 519 g/mol. The lowest BCUT2D eigenvalue weighted by molar-refractivity contribution is 0.0215. The zero-order valence-electron chi connectivity index (χ0n) is 21.0. The van der Waals surface area contributed by atoms with Gasteiger partial charge in [-0.05, 0) is 71.6 Å². The van der Waals surface area contributed by atoms with Gasteiger partial charge in [0.2, 0.25) is 0 Å². The first-order valence-corrected chi connectivity index (χ1v) is 13.1. The SMILES string of the molecule is CC(C)OC(=O)Nc1ccc(-c2cnc(C3=CCC(N(C)C(=O)OC(C)(C)C)CC3)s2)c(SO)c1. The average molecular weight is 520 g/mol. The number of allylic oxidation sites excluding steroid dienone is 1. The second-order valence-corrected chi connectivity index (χ2v) is 11.3. The van der Waals surface area contributed by atoms with E-state index in [0.717, 1.165) is 40.3 Å². The van der Waals surface area contributed by atoms with Crippen LogP contribution in [0.1, 0.15) is 58.9 Å². The Kier molecular flexibility index (Phi) is 8.84. The minimum atomic E-state index is -0.540. The molecule has 10 heteroatoms. The highest BCUT2D eigenvalue weighted by Gasteiger charge is 2.27. The molecule has 1 atom stereocenters. The lowest BCUT2D eigenvalue weighted by Gasteiger charge is -2.32. The Bertz CT molecular complexity index is 1090. The second-order valence-electron chi connectivity index (χ2n) is 9.66. The Morgan fingerprint density at radius 2 is 2.06 bits per heavy atom. The van der Waals surface area contributed by atoms with Crippen molar-refractivity contribution in [3.05, 3.63) is 35.5 Å². The van der Waals surface area contributed by atoms with E-state index in [9.17, 15) is 14.1 Å². The van der Waals surface area contributed by atoms with Gasteiger partial charge in [0, 0.05) is 47.5 Å². The molecule has 0 bridgehead atoms. The molecule has 0 saturated carbocycles. The van der Waals surface area contributed by atoms with Gasteiger partial charge in [-0.3, -0.25) is 5.32 Å². The van der Waals surface area contributed by atoms with E-state index >= 15 is 0 Å². The molecule has 1 aliphatic rings. The fourth-order valence-corrected chi connectivity index (χ4v) is 5.18. The van der Waals surface area contributed by atoms with Gasteiger partial charge in [-0.25, -0.2) is 14.6 Å². The molecule has 35 heavy (non-hydrogen) atoms. The molecule has 1 aliphatic carbocycles. The van der Waals surface area contributed by atoms with E-state index in [4.69, 9.17) is 9.47 Å². The number of nitrogens with one attached hydrogen (secondary N) is 1. The Morgan fingerprint density at radius 3 is 2.66 bits per heavy atom. The van der Waals surface area contributed by atoms with Crippen LogP contribution >= 0.6 is 23.4 Å². The second kappa shape index (κ2) is 11.5. The minimum absolute atomic E-state index is 0.0906. The number of hydrogen-bond acceptors (Lipinski definition) is 8. The summed E-state index contributed by atoms with van der Waals surface area (Å²) in [6.07, 6.45) is 5.26. The summed E-state index contributed by atoms with van der Waals surface area (Å²) in [4.78, 5) is 32.1. The zero-order chi connectivity index (χ0) is 25.8. The van der Waals surface area contributed by atoms with Crippen LogP contribution < -0.4 is 5.32 Å². The molecular weight excluding hydrogens is 486 g/mol. The quantitative estimate of drug-likeness (QED) is 0.391. The number of carbonyl (C=O) groups is 2. The summed E-state index contributed by atoms with van der Waals surface area (Å²) in [7, 11) is 1.79. The highest BCUT2D eigenvalue weighted by Crippen LogP contribution is 2.39. The number of nitrogens with zero attached hydrogens (tertiary/aromatic N) is 2. The summed E-state index contributed by atoms with van der Waals surface area (Å²) in [5, 5.41) is 3.60. The molecule has 1 aromatic carbocycles. The summed E-state index contributed by atoms with van der Waals surface area (Å²) in [6, 6.07) is 5.42. The molecule has 2 N–H and O–H groups in total. The van der Waals surface area contributed by atoms with Gasteiger partial charge in [-0.1, -0.05) is 12.1 Å². The molecule has 1 aromatic heterocycles. The van der Waals surface area contributed by atoms with Gasteiger partial charge in [0.1, 0.15) is 10.6 Å². The normalized spacial score (nSPS) is 16.0. The summed E-state index contributed by atoms with van der Waals surface area (Å²) in [5.41, 5.74) is 2.01. The Morgan fingerprint density at radius 1 is 1.31 bits per heavy atom. The van der Waals surface area contributed by atoms with Crippen molar-refractivity contribution in [2.75, 3.05) is 12.4 Å². The maximum atomic E-state index is 12.4. The van der Waals surface area contributed by atoms with Gasteiger partial charge in [-0.2, -0.15) is 0 Å². The summed E-state index contributed by atoms with van der Waals surface area (Å²) in [5.74, 6) is 0. The van der Waals surface area contributed by atoms with E-state index < -0.39 is 11.7 Å². The molecule has 0 spiro atoms. The number of hydrogen-bond donors (Lipinski definition) is 2. The highest BCUT2D eigenvalue weighted by molar-refractivity contribution is 7.94. The predicted molar refractivity (Wildman–Crippen MR) is 141 cm³/mol. The molecule has 190 valence electrons. The number of benzene rings is 1. The van der Waals surface area contributed by atoms with E-state index in [-0.39, 0.29) is 18.2 Å². The van der Waals surface area contributed by atoms with Crippen molar-refractivity contribution in [1.82, 2.24) is 9.88 Å². The number of amides is 2. The fraction of sp³-hybridized carbons (Fsp3) is 0.480. The summed E-state index contributed by atoms with van der Waals surface area (Å²) in [6.45, 7) is 9.15. The number of ether oxygens (including phenoxy) is 2. The summed E-state index contributed by atoms with van der Waals surface area (Å²) >= 11 is 2.18. The molecule has 0 aliphatic heterocycles. The first-order chi connectivity index (χ1) is 16.5. The lowest BCUT2D eigenvalue weighted by Crippen LogP contribution is -2.41. The van der Waals surface area contributed by atoms with Gasteiger partial charge in [0.05, 0.1) is 11.0 Å². The van der Waals surface area contributed by atoms with Crippen molar-refractivity contribution in [2.45, 2.75) is 76.5 Å². The topological polar surface area (TPSA) is 101 Å². The van der Waals surface area contributed by atoms with Crippen molar-refractivity contribution in [1.29, 1.82) is 0 Å². The van der Waals surface area contributed by atoms with Crippen molar-refractivity contribution < 1.29 is 23.6 Å². The molecule has 0 saturated heterocycles. The highest BCUT2D eigenvalue weighted by atomic mass is 32.2. The predicted octanol–water partition coefficient (Wildman–Crippen LogP) is 7.13. The van der Waals surface area contributed by atoms with Crippen molar-refractivity contribution in [3.63, 3.8) is 0 Å². The van der Waals surface area contributed by atoms with Crippen LogP contribution in [0.15, 0.2) is 35.4 Å². The van der Waals surface area contributed by atoms with Crippen molar-refractivity contribution >= 4 is 46.8 Å². The van der Waals surface area contributed by atoms with E-state index in [2.05, 4.69) is 16.4 Å². The zero-order valence-corrected chi connectivity index (χ0v) is 22.6. The molecule has 3 rings (SSSR count). The first kappa shape index (κ1) is 27.0. The van der Waals surface area contributed by atoms with Crippen LogP contribution in [0, 0.1) is 0 Å². The largest absolute Gasteiger partial charge is 0.447 e. The molecule has 2 amide bonds. The van der Waals surface area contributed by atoms with Gasteiger partial charge in [0.25, 0.3) is 0 Å². The van der Waals surface area contributed by atoms with Crippen LogP contribution in [0.3, 0.4) is 0 Å². The van der Waals surface area contributed by atoms with Gasteiger partial charge in [0.15, 0.2) is 0 Å². The van der Waals surface area contributed by atoms with Crippen LogP contribution in [0.25, 0.3) is 16.0 Å². The maximum absolute atomic E-state index is 12.4. The Balaban J connectivity index is 1.69. The Hall–Kier alpha value is -2.56. The van der Waals surface area contributed by atoms with E-state index in [1.54, 1.807) is 55.5 Å². The first-order valence-electron chi connectivity index (χ1n) is 11.5.